The van der Waals surface area contributed by atoms with Crippen molar-refractivity contribution in [3.63, 3.8) is 0 Å². The number of hydrogen-bond donors (Lipinski definition) is 1. The van der Waals surface area contributed by atoms with Crippen LogP contribution in [-0.2, 0) is 4.89 Å². The standard InChI is InChI=1S/CH6O2Si/c2-3-1-4/h2H,1H2,4H3. The molecular weight excluding hydrogens is 72.1 g/mol. The van der Waals surface area contributed by atoms with Crippen LogP contribution in [0.15, 0.2) is 0 Å². The van der Waals surface area contributed by atoms with Crippen molar-refractivity contribution in [2.45, 2.75) is 0 Å². The minimum atomic E-state index is 0.514. The van der Waals surface area contributed by atoms with Crippen molar-refractivity contribution in [3.05, 3.63) is 0 Å². The first-order chi connectivity index (χ1) is 1.91. The Balaban J connectivity index is 1.97. The first-order valence-electron chi connectivity index (χ1n) is 1.18. The summed E-state index contributed by atoms with van der Waals surface area (Å²) in [5.74, 6) is 0. The molecular formula is CH6O2Si. The molecule has 0 unspecified atom stereocenters. The quantitative estimate of drug-likeness (QED) is 0.242. The molecule has 0 fully saturated rings. The molecule has 0 aliphatic carbocycles. The smallest absolute Gasteiger partial charge is 0.0626 e. The van der Waals surface area contributed by atoms with Crippen LogP contribution in [0, 0.1) is 0 Å². The van der Waals surface area contributed by atoms with E-state index >= 15 is 0 Å². The molecule has 0 rings (SSSR count). The van der Waals surface area contributed by atoms with E-state index in [4.69, 9.17) is 5.26 Å². The van der Waals surface area contributed by atoms with E-state index in [0.717, 1.165) is 10.2 Å². The van der Waals surface area contributed by atoms with Crippen LogP contribution in [-0.4, -0.2) is 21.7 Å². The molecule has 0 saturated heterocycles. The average molecular weight is 78.1 g/mol. The molecule has 0 aromatic rings. The normalized spacial score (nSPS) is 8.25. The van der Waals surface area contributed by atoms with Crippen LogP contribution < -0.4 is 0 Å². The van der Waals surface area contributed by atoms with Crippen molar-refractivity contribution in [1.29, 1.82) is 0 Å². The summed E-state index contributed by atoms with van der Waals surface area (Å²) in [5, 5.41) is 7.41. The molecule has 0 spiro atoms. The van der Waals surface area contributed by atoms with Gasteiger partial charge in [0.1, 0.15) is 0 Å². The zero-order chi connectivity index (χ0) is 3.41. The highest BCUT2D eigenvalue weighted by Crippen LogP contribution is 1.43. The van der Waals surface area contributed by atoms with Gasteiger partial charge in [0, 0.05) is 10.2 Å². The maximum Gasteiger partial charge on any atom is 0.0626 e. The third-order valence-corrected chi connectivity index (χ3v) is 0.387. The Hall–Kier alpha value is 0.137. The molecule has 4 heavy (non-hydrogen) atoms. The zero-order valence-electron chi connectivity index (χ0n) is 2.56. The van der Waals surface area contributed by atoms with Crippen molar-refractivity contribution in [2.75, 3.05) is 6.23 Å². The molecule has 0 saturated carbocycles. The minimum Gasteiger partial charge on any atom is -0.252 e. The van der Waals surface area contributed by atoms with Gasteiger partial charge in [-0.15, -0.1) is 0 Å². The van der Waals surface area contributed by atoms with Crippen LogP contribution in [0.4, 0.5) is 0 Å². The SMILES string of the molecule is OOC[SiH3]. The molecule has 0 aliphatic heterocycles. The fraction of sp³-hybridized carbons (Fsp3) is 1.00. The van der Waals surface area contributed by atoms with Gasteiger partial charge in [-0.2, -0.15) is 0 Å². The number of rotatable bonds is 1. The van der Waals surface area contributed by atoms with E-state index in [2.05, 4.69) is 4.89 Å². The lowest BCUT2D eigenvalue weighted by Gasteiger charge is -1.73. The second-order valence-electron chi connectivity index (χ2n) is 0.418. The second-order valence-corrected chi connectivity index (χ2v) is 0.995. The summed E-state index contributed by atoms with van der Waals surface area (Å²) >= 11 is 0. The third-order valence-electron chi connectivity index (χ3n) is 0.129. The summed E-state index contributed by atoms with van der Waals surface area (Å²) in [4.78, 5) is 3.60. The maximum absolute atomic E-state index is 7.41. The van der Waals surface area contributed by atoms with E-state index < -0.39 is 0 Å². The van der Waals surface area contributed by atoms with Crippen molar-refractivity contribution in [3.8, 4) is 0 Å². The molecule has 0 bridgehead atoms. The van der Waals surface area contributed by atoms with Crippen molar-refractivity contribution < 1.29 is 10.1 Å². The molecule has 0 amide bonds. The average Bonchev–Trinajstić information content (AvgIpc) is 1.37. The third kappa shape index (κ3) is 2.14. The van der Waals surface area contributed by atoms with E-state index in [-0.39, 0.29) is 0 Å². The van der Waals surface area contributed by atoms with E-state index in [1.807, 2.05) is 0 Å². The Morgan fingerprint density at radius 2 is 2.25 bits per heavy atom. The van der Waals surface area contributed by atoms with Crippen molar-refractivity contribution in [1.82, 2.24) is 0 Å². The fourth-order valence-corrected chi connectivity index (χ4v) is 0. The molecule has 0 aromatic heterocycles. The minimum absolute atomic E-state index is 0.514. The molecule has 0 aromatic carbocycles. The van der Waals surface area contributed by atoms with Crippen molar-refractivity contribution >= 4 is 10.2 Å². The van der Waals surface area contributed by atoms with Gasteiger partial charge in [-0.1, -0.05) is 0 Å². The topological polar surface area (TPSA) is 29.5 Å². The van der Waals surface area contributed by atoms with Crippen LogP contribution in [0.5, 0.6) is 0 Å². The monoisotopic (exact) mass is 78.0 g/mol. The summed E-state index contributed by atoms with van der Waals surface area (Å²) < 4.78 is 0. The van der Waals surface area contributed by atoms with E-state index in [0.29, 0.717) is 6.23 Å². The Morgan fingerprint density at radius 1 is 2.00 bits per heavy atom. The lowest BCUT2D eigenvalue weighted by atomic mass is 11.7. The summed E-state index contributed by atoms with van der Waals surface area (Å²) in [5.41, 5.74) is 0. The van der Waals surface area contributed by atoms with Gasteiger partial charge in [0.15, 0.2) is 0 Å². The summed E-state index contributed by atoms with van der Waals surface area (Å²) in [6.45, 7) is 0. The first-order valence-corrected chi connectivity index (χ1v) is 2.59. The Bertz CT molecular complexity index is 8.00. The molecule has 0 radical (unpaired) electrons. The van der Waals surface area contributed by atoms with Gasteiger partial charge in [0.05, 0.1) is 6.23 Å². The van der Waals surface area contributed by atoms with E-state index in [9.17, 15) is 0 Å². The van der Waals surface area contributed by atoms with Gasteiger partial charge in [0.2, 0.25) is 0 Å². The molecule has 2 nitrogen and oxygen atoms in total. The lowest BCUT2D eigenvalue weighted by molar-refractivity contribution is -0.224. The predicted octanol–water partition coefficient (Wildman–Crippen LogP) is -1.20. The predicted molar refractivity (Wildman–Crippen MR) is 18.5 cm³/mol. The molecule has 26 valence electrons. The first kappa shape index (κ1) is 4.14. The van der Waals surface area contributed by atoms with Crippen molar-refractivity contribution in [2.24, 2.45) is 0 Å². The van der Waals surface area contributed by atoms with Gasteiger partial charge < -0.3 is 0 Å². The van der Waals surface area contributed by atoms with Crippen LogP contribution in [0.1, 0.15) is 0 Å². The molecule has 0 aliphatic rings. The summed E-state index contributed by atoms with van der Waals surface area (Å²) in [6.07, 6.45) is 0.514. The highest BCUT2D eigenvalue weighted by molar-refractivity contribution is 6.08. The maximum atomic E-state index is 7.41. The van der Waals surface area contributed by atoms with Crippen LogP contribution >= 0.6 is 0 Å². The fourth-order valence-electron chi connectivity index (χ4n) is 0. The number of hydrogen-bond acceptors (Lipinski definition) is 2. The van der Waals surface area contributed by atoms with Gasteiger partial charge in [-0.25, -0.2) is 4.89 Å². The van der Waals surface area contributed by atoms with Crippen LogP contribution in [0.2, 0.25) is 0 Å². The largest absolute Gasteiger partial charge is 0.252 e. The van der Waals surface area contributed by atoms with Gasteiger partial charge in [-0.05, 0) is 0 Å². The Labute approximate surface area is 27.7 Å². The van der Waals surface area contributed by atoms with Crippen LogP contribution in [0.25, 0.3) is 0 Å². The lowest BCUT2D eigenvalue weighted by Crippen LogP contribution is -1.82. The summed E-state index contributed by atoms with van der Waals surface area (Å²) in [7, 11) is 0.917. The van der Waals surface area contributed by atoms with Gasteiger partial charge in [0.25, 0.3) is 0 Å². The highest BCUT2D eigenvalue weighted by Gasteiger charge is 1.54. The zero-order valence-corrected chi connectivity index (χ0v) is 4.56. The molecule has 0 atom stereocenters. The van der Waals surface area contributed by atoms with Crippen LogP contribution in [0.3, 0.4) is 0 Å². The molecule has 1 N–H and O–H groups in total. The van der Waals surface area contributed by atoms with E-state index in [1.54, 1.807) is 0 Å². The van der Waals surface area contributed by atoms with Gasteiger partial charge in [-0.3, -0.25) is 5.26 Å². The summed E-state index contributed by atoms with van der Waals surface area (Å²) in [6, 6.07) is 0. The Morgan fingerprint density at radius 3 is 2.25 bits per heavy atom. The Kier molecular flexibility index (Phi) is 3.24. The molecule has 0 heterocycles. The molecule has 3 heteroatoms. The second kappa shape index (κ2) is 3.14. The van der Waals surface area contributed by atoms with Gasteiger partial charge >= 0.3 is 0 Å². The van der Waals surface area contributed by atoms with E-state index in [1.165, 1.54) is 0 Å². The highest BCUT2D eigenvalue weighted by atomic mass is 28.1.